The molecule has 7 heteroatoms. The molecule has 2 aromatic rings. The molecule has 0 aromatic heterocycles. The number of benzene rings is 2. The van der Waals surface area contributed by atoms with Crippen LogP contribution in [0.2, 0.25) is 10.0 Å². The Hall–Kier alpha value is -2.21. The molecule has 0 unspecified atom stereocenters. The topological polar surface area (TPSA) is 42.0 Å². The molecule has 0 radical (unpaired) electrons. The van der Waals surface area contributed by atoms with Crippen LogP contribution in [0, 0.1) is 0 Å². The number of hydrogen-bond acceptors (Lipinski definition) is 5. The minimum atomic E-state index is -0.170. The van der Waals surface area contributed by atoms with Gasteiger partial charge in [-0.25, -0.2) is 0 Å². The lowest BCUT2D eigenvalue weighted by Crippen LogP contribution is -2.19. The highest BCUT2D eigenvalue weighted by atomic mass is 35.5. The van der Waals surface area contributed by atoms with Crippen molar-refractivity contribution < 1.29 is 14.3 Å². The number of rotatable bonds is 8. The summed E-state index contributed by atoms with van der Waals surface area (Å²) in [5.41, 5.74) is 2.59. The lowest BCUT2D eigenvalue weighted by molar-refractivity contribution is 0.104. The molecular formula is C22H24Cl2N2O3. The Morgan fingerprint density at radius 2 is 2.00 bits per heavy atom. The molecule has 0 atom stereocenters. The van der Waals surface area contributed by atoms with Gasteiger partial charge in [-0.05, 0) is 50.3 Å². The fourth-order valence-corrected chi connectivity index (χ4v) is 3.62. The van der Waals surface area contributed by atoms with Gasteiger partial charge in [0.25, 0.3) is 0 Å². The van der Waals surface area contributed by atoms with Gasteiger partial charge in [-0.3, -0.25) is 4.79 Å². The van der Waals surface area contributed by atoms with E-state index in [4.69, 9.17) is 32.7 Å². The third-order valence-electron chi connectivity index (χ3n) is 4.69. The van der Waals surface area contributed by atoms with E-state index >= 15 is 0 Å². The molecule has 0 spiro atoms. The maximum absolute atomic E-state index is 12.5. The second kappa shape index (κ2) is 9.53. The van der Waals surface area contributed by atoms with E-state index in [1.165, 1.54) is 6.08 Å². The summed E-state index contributed by atoms with van der Waals surface area (Å²) >= 11 is 12.0. The molecule has 1 heterocycles. The van der Waals surface area contributed by atoms with E-state index in [0.717, 1.165) is 36.5 Å². The van der Waals surface area contributed by atoms with Gasteiger partial charge in [-0.2, -0.15) is 0 Å². The fourth-order valence-electron chi connectivity index (χ4n) is 3.12. The van der Waals surface area contributed by atoms with E-state index in [1.807, 2.05) is 31.1 Å². The Morgan fingerprint density at radius 3 is 2.69 bits per heavy atom. The molecule has 5 nitrogen and oxygen atoms in total. The monoisotopic (exact) mass is 434 g/mol. The summed E-state index contributed by atoms with van der Waals surface area (Å²) < 4.78 is 11.4. The first-order valence-electron chi connectivity index (χ1n) is 9.31. The summed E-state index contributed by atoms with van der Waals surface area (Å²) in [5.74, 6) is 1.24. The standard InChI is InChI=1S/C22H24Cl2N2O3/c1-25(2)10-11-29-22-14-19-15(12-21(22)28-3)6-8-26(19)9-7-20(27)17-5-4-16(23)13-18(17)24/h4-5,7,9,12-14H,6,8,10-11H2,1-3H3/b9-7+. The van der Waals surface area contributed by atoms with Crippen molar-refractivity contribution in [3.05, 3.63) is 63.8 Å². The molecule has 1 aliphatic heterocycles. The Kier molecular flexibility index (Phi) is 7.06. The molecule has 0 bridgehead atoms. The molecule has 0 N–H and O–H groups in total. The normalized spacial score (nSPS) is 13.2. The second-order valence-electron chi connectivity index (χ2n) is 7.03. The van der Waals surface area contributed by atoms with E-state index in [0.29, 0.717) is 28.0 Å². The maximum atomic E-state index is 12.5. The van der Waals surface area contributed by atoms with Crippen molar-refractivity contribution in [3.8, 4) is 11.5 Å². The minimum Gasteiger partial charge on any atom is -0.493 e. The zero-order valence-electron chi connectivity index (χ0n) is 16.7. The Bertz CT molecular complexity index is 929. The molecule has 154 valence electrons. The maximum Gasteiger partial charge on any atom is 0.188 e. The summed E-state index contributed by atoms with van der Waals surface area (Å²) in [6.45, 7) is 2.14. The lowest BCUT2D eigenvalue weighted by Gasteiger charge is -2.18. The van der Waals surface area contributed by atoms with Crippen LogP contribution in [-0.4, -0.2) is 51.6 Å². The number of likely N-dealkylation sites (N-methyl/N-ethyl adjacent to an activating group) is 1. The predicted octanol–water partition coefficient (Wildman–Crippen LogP) is 4.70. The van der Waals surface area contributed by atoms with Gasteiger partial charge in [-0.1, -0.05) is 23.2 Å². The number of nitrogens with zero attached hydrogens (tertiary/aromatic N) is 2. The van der Waals surface area contributed by atoms with E-state index in [1.54, 1.807) is 31.5 Å². The smallest absolute Gasteiger partial charge is 0.188 e. The lowest BCUT2D eigenvalue weighted by atomic mass is 10.1. The summed E-state index contributed by atoms with van der Waals surface area (Å²) in [4.78, 5) is 16.6. The third kappa shape index (κ3) is 5.24. The number of ketones is 1. The number of carbonyl (C=O) groups excluding carboxylic acids is 1. The zero-order valence-corrected chi connectivity index (χ0v) is 18.3. The highest BCUT2D eigenvalue weighted by Gasteiger charge is 2.21. The van der Waals surface area contributed by atoms with Gasteiger partial charge >= 0.3 is 0 Å². The highest BCUT2D eigenvalue weighted by Crippen LogP contribution is 2.39. The number of fused-ring (bicyclic) bond motifs is 1. The van der Waals surface area contributed by atoms with Gasteiger partial charge in [0.1, 0.15) is 6.61 Å². The molecule has 3 rings (SSSR count). The molecule has 0 aliphatic carbocycles. The molecule has 0 fully saturated rings. The minimum absolute atomic E-state index is 0.170. The van der Waals surface area contributed by atoms with E-state index in [2.05, 4.69) is 4.90 Å². The fraction of sp³-hybridized carbons (Fsp3) is 0.318. The Labute approximate surface area is 181 Å². The molecule has 29 heavy (non-hydrogen) atoms. The van der Waals surface area contributed by atoms with Crippen LogP contribution in [0.25, 0.3) is 0 Å². The van der Waals surface area contributed by atoms with Crippen LogP contribution >= 0.6 is 23.2 Å². The quantitative estimate of drug-likeness (QED) is 0.444. The summed E-state index contributed by atoms with van der Waals surface area (Å²) in [5, 5.41) is 0.843. The Balaban J connectivity index is 1.78. The van der Waals surface area contributed by atoms with E-state index < -0.39 is 0 Å². The first-order chi connectivity index (χ1) is 13.9. The van der Waals surface area contributed by atoms with Gasteiger partial charge in [0.2, 0.25) is 0 Å². The SMILES string of the molecule is COc1cc2c(cc1OCCN(C)C)N(/C=C/C(=O)c1ccc(Cl)cc1Cl)CC2. The van der Waals surface area contributed by atoms with Crippen molar-refractivity contribution in [1.82, 2.24) is 4.90 Å². The molecule has 2 aromatic carbocycles. The first-order valence-corrected chi connectivity index (χ1v) is 10.1. The van der Waals surface area contributed by atoms with E-state index in [-0.39, 0.29) is 5.78 Å². The number of methoxy groups -OCH3 is 1. The first kappa shape index (κ1) is 21.5. The average Bonchev–Trinajstić information content (AvgIpc) is 3.07. The van der Waals surface area contributed by atoms with Crippen LogP contribution < -0.4 is 14.4 Å². The van der Waals surface area contributed by atoms with Gasteiger partial charge in [0.05, 0.1) is 12.1 Å². The van der Waals surface area contributed by atoms with Crippen molar-refractivity contribution in [2.24, 2.45) is 0 Å². The number of ether oxygens (including phenoxy) is 2. The van der Waals surface area contributed by atoms with E-state index in [9.17, 15) is 4.79 Å². The number of hydrogen-bond donors (Lipinski definition) is 0. The molecule has 0 saturated carbocycles. The molecule has 1 aliphatic rings. The van der Waals surface area contributed by atoms with Crippen LogP contribution in [0.5, 0.6) is 11.5 Å². The molecular weight excluding hydrogens is 411 g/mol. The number of carbonyl (C=O) groups is 1. The van der Waals surface area contributed by atoms with Gasteiger partial charge in [-0.15, -0.1) is 0 Å². The van der Waals surface area contributed by atoms with Crippen LogP contribution in [0.3, 0.4) is 0 Å². The number of allylic oxidation sites excluding steroid dienone is 1. The van der Waals surface area contributed by atoms with Crippen LogP contribution in [0.4, 0.5) is 5.69 Å². The molecule has 0 amide bonds. The van der Waals surface area contributed by atoms with Crippen LogP contribution in [-0.2, 0) is 6.42 Å². The Morgan fingerprint density at radius 1 is 1.21 bits per heavy atom. The largest absolute Gasteiger partial charge is 0.493 e. The van der Waals surface area contributed by atoms with Gasteiger partial charge in [0, 0.05) is 47.7 Å². The van der Waals surface area contributed by atoms with Gasteiger partial charge < -0.3 is 19.3 Å². The summed E-state index contributed by atoms with van der Waals surface area (Å²) in [6.07, 6.45) is 4.18. The summed E-state index contributed by atoms with van der Waals surface area (Å²) in [6, 6.07) is 8.84. The second-order valence-corrected chi connectivity index (χ2v) is 7.87. The molecule has 0 saturated heterocycles. The summed E-state index contributed by atoms with van der Waals surface area (Å²) in [7, 11) is 5.64. The van der Waals surface area contributed by atoms with Crippen LogP contribution in [0.15, 0.2) is 42.6 Å². The number of halogens is 2. The van der Waals surface area contributed by atoms with Crippen molar-refractivity contribution in [2.45, 2.75) is 6.42 Å². The van der Waals surface area contributed by atoms with Crippen molar-refractivity contribution in [2.75, 3.05) is 45.8 Å². The van der Waals surface area contributed by atoms with Crippen LogP contribution in [0.1, 0.15) is 15.9 Å². The highest BCUT2D eigenvalue weighted by molar-refractivity contribution is 6.37. The third-order valence-corrected chi connectivity index (χ3v) is 5.24. The average molecular weight is 435 g/mol. The van der Waals surface area contributed by atoms with Crippen molar-refractivity contribution in [1.29, 1.82) is 0 Å². The van der Waals surface area contributed by atoms with Crippen molar-refractivity contribution >= 4 is 34.7 Å². The number of anilines is 1. The zero-order chi connectivity index (χ0) is 21.0. The van der Waals surface area contributed by atoms with Gasteiger partial charge in [0.15, 0.2) is 17.3 Å². The predicted molar refractivity (Wildman–Crippen MR) is 118 cm³/mol. The van der Waals surface area contributed by atoms with Crippen molar-refractivity contribution in [3.63, 3.8) is 0 Å².